The zero-order valence-electron chi connectivity index (χ0n) is 15.7. The third-order valence-corrected chi connectivity index (χ3v) is 6.22. The molecule has 1 aromatic heterocycles. The minimum absolute atomic E-state index is 0.274. The molecule has 3 rings (SSSR count). The third kappa shape index (κ3) is 4.51. The molecule has 1 aliphatic heterocycles. The molecule has 0 bridgehead atoms. The molecule has 0 fully saturated rings. The highest BCUT2D eigenvalue weighted by Gasteiger charge is 2.33. The Kier molecular flexibility index (Phi) is 5.88. The molecule has 0 amide bonds. The summed E-state index contributed by atoms with van der Waals surface area (Å²) in [5.41, 5.74) is 1.84. The van der Waals surface area contributed by atoms with Crippen LogP contribution in [0.2, 0.25) is 0 Å². The number of para-hydroxylation sites is 1. The molecule has 2 atom stereocenters. The van der Waals surface area contributed by atoms with Gasteiger partial charge < -0.3 is 14.0 Å². The van der Waals surface area contributed by atoms with Crippen LogP contribution in [0.4, 0.5) is 0 Å². The average molecular weight is 407 g/mol. The minimum atomic E-state index is -1.38. The number of nitrogens with zero attached hydrogens (tertiary/aromatic N) is 2. The van der Waals surface area contributed by atoms with Crippen LogP contribution in [-0.4, -0.2) is 32.6 Å². The van der Waals surface area contributed by atoms with Crippen LogP contribution in [0.15, 0.2) is 34.0 Å². The van der Waals surface area contributed by atoms with Crippen molar-refractivity contribution in [2.45, 2.75) is 45.0 Å². The van der Waals surface area contributed by atoms with Gasteiger partial charge in [-0.3, -0.25) is 0 Å². The lowest BCUT2D eigenvalue weighted by atomic mass is 10.0. The van der Waals surface area contributed by atoms with Crippen molar-refractivity contribution in [3.05, 3.63) is 45.9 Å². The molecule has 0 saturated heterocycles. The molecule has 0 aliphatic carbocycles. The maximum absolute atomic E-state index is 12.6. The van der Waals surface area contributed by atoms with Gasteiger partial charge in [-0.2, -0.15) is 0 Å². The van der Waals surface area contributed by atoms with Gasteiger partial charge in [0.15, 0.2) is 11.8 Å². The summed E-state index contributed by atoms with van der Waals surface area (Å²) in [6.45, 7) is 7.73. The molecule has 144 valence electrons. The number of aromatic nitrogens is 1. The Morgan fingerprint density at radius 3 is 2.89 bits per heavy atom. The van der Waals surface area contributed by atoms with E-state index in [-0.39, 0.29) is 11.8 Å². The zero-order valence-corrected chi connectivity index (χ0v) is 17.4. The van der Waals surface area contributed by atoms with Crippen LogP contribution < -0.4 is 4.74 Å². The van der Waals surface area contributed by atoms with E-state index in [1.165, 1.54) is 11.3 Å². The van der Waals surface area contributed by atoms with Crippen molar-refractivity contribution < 1.29 is 18.8 Å². The van der Waals surface area contributed by atoms with Crippen molar-refractivity contribution in [1.29, 1.82) is 0 Å². The van der Waals surface area contributed by atoms with Crippen molar-refractivity contribution in [3.63, 3.8) is 0 Å². The molecule has 6 nitrogen and oxygen atoms in total. The number of fused-ring (bicyclic) bond motifs is 1. The minimum Gasteiger partial charge on any atom is -0.591 e. The van der Waals surface area contributed by atoms with Gasteiger partial charge in [-0.05, 0) is 39.8 Å². The second kappa shape index (κ2) is 8.00. The van der Waals surface area contributed by atoms with Crippen molar-refractivity contribution in [1.82, 2.24) is 4.98 Å². The lowest BCUT2D eigenvalue weighted by Gasteiger charge is -2.26. The van der Waals surface area contributed by atoms with Gasteiger partial charge in [0, 0.05) is 17.4 Å². The van der Waals surface area contributed by atoms with E-state index in [0.717, 1.165) is 11.3 Å². The zero-order chi connectivity index (χ0) is 19.6. The maximum Gasteiger partial charge on any atom is 0.357 e. The second-order valence-electron chi connectivity index (χ2n) is 7.00. The molecule has 1 aliphatic rings. The monoisotopic (exact) mass is 406 g/mol. The van der Waals surface area contributed by atoms with Gasteiger partial charge in [-0.25, -0.2) is 9.78 Å². The number of esters is 1. The second-order valence-corrected chi connectivity index (χ2v) is 9.79. The Morgan fingerprint density at radius 1 is 1.44 bits per heavy atom. The third-order valence-electron chi connectivity index (χ3n) is 3.84. The van der Waals surface area contributed by atoms with Crippen LogP contribution in [0.25, 0.3) is 0 Å². The van der Waals surface area contributed by atoms with Gasteiger partial charge in [-0.1, -0.05) is 16.5 Å². The number of benzene rings is 1. The Balaban J connectivity index is 1.92. The molecule has 0 saturated carbocycles. The summed E-state index contributed by atoms with van der Waals surface area (Å²) in [6, 6.07) is 7.55. The topological polar surface area (TPSA) is 83.8 Å². The molecule has 0 radical (unpaired) electrons. The van der Waals surface area contributed by atoms with Gasteiger partial charge in [-0.15, -0.1) is 11.3 Å². The summed E-state index contributed by atoms with van der Waals surface area (Å²) in [5.74, 6) is 0.227. The summed E-state index contributed by atoms with van der Waals surface area (Å²) in [6.07, 6.45) is 0.0537. The Hall–Kier alpha value is -1.90. The van der Waals surface area contributed by atoms with Crippen LogP contribution >= 0.6 is 11.3 Å². The van der Waals surface area contributed by atoms with Crippen molar-refractivity contribution in [2.75, 3.05) is 6.61 Å². The Morgan fingerprint density at radius 2 is 2.19 bits per heavy atom. The summed E-state index contributed by atoms with van der Waals surface area (Å²) in [7, 11) is 0. The van der Waals surface area contributed by atoms with E-state index in [1.807, 2.05) is 45.0 Å². The molecule has 27 heavy (non-hydrogen) atoms. The van der Waals surface area contributed by atoms with E-state index in [9.17, 15) is 9.35 Å². The van der Waals surface area contributed by atoms with Crippen LogP contribution in [0.5, 0.6) is 5.75 Å². The van der Waals surface area contributed by atoms with E-state index in [0.29, 0.717) is 23.8 Å². The SMILES string of the molecule is CCOC(=O)c1csc([C@@H]2CC(=N[S+]([O-])C(C)(C)C)c3ccccc3O2)n1. The molecular weight excluding hydrogens is 384 g/mol. The molecular formula is C19H22N2O4S2. The van der Waals surface area contributed by atoms with Gasteiger partial charge in [0.05, 0.1) is 6.61 Å². The molecule has 1 aromatic carbocycles. The summed E-state index contributed by atoms with van der Waals surface area (Å²) in [5, 5.41) is 2.34. The standard InChI is InChI=1S/C19H22N2O4S2/c1-5-24-18(22)14-11-26-17(20-14)16-10-13(21-27(23)19(2,3)4)12-8-6-7-9-15(12)25-16/h6-9,11,16H,5,10H2,1-4H3/t16-,27?/m0/s1. The quantitative estimate of drug-likeness (QED) is 0.564. The summed E-state index contributed by atoms with van der Waals surface area (Å²) >= 11 is -0.0334. The molecule has 0 spiro atoms. The average Bonchev–Trinajstić information content (AvgIpc) is 3.11. The van der Waals surface area contributed by atoms with Gasteiger partial charge >= 0.3 is 5.97 Å². The summed E-state index contributed by atoms with van der Waals surface area (Å²) in [4.78, 5) is 16.3. The highest BCUT2D eigenvalue weighted by Crippen LogP contribution is 2.37. The first kappa shape index (κ1) is 19.9. The first-order valence-corrected chi connectivity index (χ1v) is 10.7. The van der Waals surface area contributed by atoms with Crippen LogP contribution in [0.1, 0.15) is 61.3 Å². The maximum atomic E-state index is 12.6. The van der Waals surface area contributed by atoms with E-state index in [2.05, 4.69) is 9.38 Å². The Labute approximate surface area is 166 Å². The van der Waals surface area contributed by atoms with Crippen molar-refractivity contribution in [2.24, 2.45) is 4.40 Å². The van der Waals surface area contributed by atoms with Gasteiger partial charge in [0.2, 0.25) is 0 Å². The van der Waals surface area contributed by atoms with Crippen LogP contribution in [-0.2, 0) is 16.1 Å². The highest BCUT2D eigenvalue weighted by molar-refractivity contribution is 7.91. The number of thiazole rings is 1. The lowest BCUT2D eigenvalue weighted by Crippen LogP contribution is -2.29. The predicted octanol–water partition coefficient (Wildman–Crippen LogP) is 4.09. The van der Waals surface area contributed by atoms with Crippen molar-refractivity contribution in [3.8, 4) is 5.75 Å². The first-order valence-electron chi connectivity index (χ1n) is 8.67. The van der Waals surface area contributed by atoms with Gasteiger partial charge in [0.1, 0.15) is 32.6 Å². The molecule has 0 N–H and O–H groups in total. The lowest BCUT2D eigenvalue weighted by molar-refractivity contribution is 0.0519. The van der Waals surface area contributed by atoms with E-state index in [1.54, 1.807) is 12.3 Å². The van der Waals surface area contributed by atoms with Crippen LogP contribution in [0.3, 0.4) is 0 Å². The van der Waals surface area contributed by atoms with E-state index in [4.69, 9.17) is 9.47 Å². The van der Waals surface area contributed by atoms with Gasteiger partial charge in [0.25, 0.3) is 0 Å². The number of hydrogen-bond acceptors (Lipinski definition) is 7. The molecule has 2 aromatic rings. The largest absolute Gasteiger partial charge is 0.591 e. The predicted molar refractivity (Wildman–Crippen MR) is 107 cm³/mol. The first-order chi connectivity index (χ1) is 12.8. The normalized spacial score (nSPS) is 19.3. The van der Waals surface area contributed by atoms with E-state index >= 15 is 0 Å². The fourth-order valence-corrected chi connectivity index (χ4v) is 3.95. The molecule has 1 unspecified atom stereocenters. The molecule has 8 heteroatoms. The number of ether oxygens (including phenoxy) is 2. The number of rotatable bonds is 4. The number of hydrogen-bond donors (Lipinski definition) is 0. The van der Waals surface area contributed by atoms with E-state index < -0.39 is 22.1 Å². The molecule has 2 heterocycles. The summed E-state index contributed by atoms with van der Waals surface area (Å²) < 4.78 is 27.7. The highest BCUT2D eigenvalue weighted by atomic mass is 32.2. The number of carbonyl (C=O) groups is 1. The Bertz CT molecular complexity index is 857. The fraction of sp³-hybridized carbons (Fsp3) is 0.421. The fourth-order valence-electron chi connectivity index (χ4n) is 2.48. The number of carbonyl (C=O) groups excluding carboxylic acids is 1. The van der Waals surface area contributed by atoms with Crippen molar-refractivity contribution >= 4 is 34.4 Å². The van der Waals surface area contributed by atoms with Crippen LogP contribution in [0, 0.1) is 0 Å². The smallest absolute Gasteiger partial charge is 0.357 e.